The van der Waals surface area contributed by atoms with Gasteiger partial charge in [-0.05, 0) is 47.8 Å². The van der Waals surface area contributed by atoms with Crippen molar-refractivity contribution in [3.63, 3.8) is 0 Å². The van der Waals surface area contributed by atoms with Crippen LogP contribution < -0.4 is 15.0 Å². The number of nitrogens with one attached hydrogen (secondary N) is 1. The Bertz CT molecular complexity index is 416. The lowest BCUT2D eigenvalue weighted by atomic mass is 9.98. The Morgan fingerprint density at radius 1 is 1.58 bits per heavy atom. The molecule has 19 heavy (non-hydrogen) atoms. The van der Waals surface area contributed by atoms with Gasteiger partial charge in [-0.1, -0.05) is 6.92 Å². The lowest BCUT2D eigenvalue weighted by Crippen LogP contribution is -2.40. The molecule has 1 aromatic rings. The standard InChI is InChI=1S/C13H21BrN4O/c1-3-15-7-10-5-4-6-18(9-10)13-16-8-11(14)12(17-13)19-2/h8,10,15H,3-7,9H2,1-2H3. The van der Waals surface area contributed by atoms with Crippen molar-refractivity contribution in [1.29, 1.82) is 0 Å². The van der Waals surface area contributed by atoms with E-state index >= 15 is 0 Å². The van der Waals surface area contributed by atoms with E-state index in [9.17, 15) is 0 Å². The Balaban J connectivity index is 2.04. The fraction of sp³-hybridized carbons (Fsp3) is 0.692. The van der Waals surface area contributed by atoms with Crippen LogP contribution in [-0.4, -0.2) is 43.3 Å². The highest BCUT2D eigenvalue weighted by Gasteiger charge is 2.22. The van der Waals surface area contributed by atoms with Gasteiger partial charge in [0.2, 0.25) is 11.8 Å². The minimum Gasteiger partial charge on any atom is -0.480 e. The molecule has 0 bridgehead atoms. The number of methoxy groups -OCH3 is 1. The molecular weight excluding hydrogens is 308 g/mol. The number of halogens is 1. The van der Waals surface area contributed by atoms with Crippen molar-refractivity contribution >= 4 is 21.9 Å². The van der Waals surface area contributed by atoms with Crippen molar-refractivity contribution < 1.29 is 4.74 Å². The highest BCUT2D eigenvalue weighted by atomic mass is 79.9. The molecule has 5 nitrogen and oxygen atoms in total. The average molecular weight is 329 g/mol. The molecule has 0 spiro atoms. The maximum absolute atomic E-state index is 5.23. The first kappa shape index (κ1) is 14.5. The predicted octanol–water partition coefficient (Wildman–Crippen LogP) is 2.07. The first-order valence-electron chi connectivity index (χ1n) is 6.76. The number of hydrogen-bond donors (Lipinski definition) is 1. The van der Waals surface area contributed by atoms with Crippen molar-refractivity contribution in [3.05, 3.63) is 10.7 Å². The maximum atomic E-state index is 5.23. The lowest BCUT2D eigenvalue weighted by molar-refractivity contribution is 0.381. The van der Waals surface area contributed by atoms with Gasteiger partial charge in [0.1, 0.15) is 0 Å². The van der Waals surface area contributed by atoms with Crippen molar-refractivity contribution in [2.45, 2.75) is 19.8 Å². The van der Waals surface area contributed by atoms with Gasteiger partial charge in [0, 0.05) is 13.1 Å². The van der Waals surface area contributed by atoms with Crippen LogP contribution in [0.3, 0.4) is 0 Å². The Morgan fingerprint density at radius 3 is 3.16 bits per heavy atom. The van der Waals surface area contributed by atoms with E-state index in [0.717, 1.165) is 36.6 Å². The van der Waals surface area contributed by atoms with E-state index < -0.39 is 0 Å². The van der Waals surface area contributed by atoms with Crippen molar-refractivity contribution in [2.24, 2.45) is 5.92 Å². The lowest BCUT2D eigenvalue weighted by Gasteiger charge is -2.33. The zero-order valence-electron chi connectivity index (χ0n) is 11.5. The molecule has 2 heterocycles. The molecule has 0 aliphatic carbocycles. The predicted molar refractivity (Wildman–Crippen MR) is 79.8 cm³/mol. The first-order valence-corrected chi connectivity index (χ1v) is 7.56. The summed E-state index contributed by atoms with van der Waals surface area (Å²) in [7, 11) is 1.63. The minimum atomic E-state index is 0.596. The molecule has 1 saturated heterocycles. The monoisotopic (exact) mass is 328 g/mol. The molecule has 6 heteroatoms. The average Bonchev–Trinajstić information content (AvgIpc) is 2.46. The fourth-order valence-electron chi connectivity index (χ4n) is 2.40. The highest BCUT2D eigenvalue weighted by Crippen LogP contribution is 2.26. The molecule has 1 N–H and O–H groups in total. The van der Waals surface area contributed by atoms with E-state index in [-0.39, 0.29) is 0 Å². The number of hydrogen-bond acceptors (Lipinski definition) is 5. The third-order valence-electron chi connectivity index (χ3n) is 3.38. The Labute approximate surface area is 122 Å². The molecule has 0 amide bonds. The number of nitrogens with zero attached hydrogens (tertiary/aromatic N) is 3. The molecule has 106 valence electrons. The summed E-state index contributed by atoms with van der Waals surface area (Å²) in [5.41, 5.74) is 0. The van der Waals surface area contributed by atoms with E-state index in [1.807, 2.05) is 0 Å². The molecule has 0 aromatic carbocycles. The molecule has 2 rings (SSSR count). The van der Waals surface area contributed by atoms with Crippen LogP contribution in [0.15, 0.2) is 10.7 Å². The summed E-state index contributed by atoms with van der Waals surface area (Å²) in [5.74, 6) is 2.03. The number of rotatable bonds is 5. The summed E-state index contributed by atoms with van der Waals surface area (Å²) < 4.78 is 6.02. The van der Waals surface area contributed by atoms with E-state index in [4.69, 9.17) is 4.74 Å². The molecule has 1 aliphatic rings. The van der Waals surface area contributed by atoms with Gasteiger partial charge in [-0.15, -0.1) is 0 Å². The number of anilines is 1. The summed E-state index contributed by atoms with van der Waals surface area (Å²) in [6, 6.07) is 0. The second-order valence-electron chi connectivity index (χ2n) is 4.79. The van der Waals surface area contributed by atoms with Gasteiger partial charge in [0.05, 0.1) is 17.8 Å². The van der Waals surface area contributed by atoms with Crippen molar-refractivity contribution in [2.75, 3.05) is 38.2 Å². The van der Waals surface area contributed by atoms with Crippen LogP contribution in [0.2, 0.25) is 0 Å². The van der Waals surface area contributed by atoms with Gasteiger partial charge < -0.3 is 15.0 Å². The third-order valence-corrected chi connectivity index (χ3v) is 3.92. The van der Waals surface area contributed by atoms with Crippen LogP contribution in [-0.2, 0) is 0 Å². The molecule has 1 fully saturated rings. The minimum absolute atomic E-state index is 0.596. The maximum Gasteiger partial charge on any atom is 0.232 e. The molecule has 0 radical (unpaired) electrons. The van der Waals surface area contributed by atoms with Crippen molar-refractivity contribution in [3.8, 4) is 5.88 Å². The van der Waals surface area contributed by atoms with Crippen LogP contribution in [0, 0.1) is 5.92 Å². The van der Waals surface area contributed by atoms with Gasteiger partial charge in [-0.3, -0.25) is 0 Å². The second kappa shape index (κ2) is 7.05. The van der Waals surface area contributed by atoms with E-state index in [1.54, 1.807) is 13.3 Å². The summed E-state index contributed by atoms with van der Waals surface area (Å²) in [6.45, 7) is 6.27. The summed E-state index contributed by atoms with van der Waals surface area (Å²) in [6.07, 6.45) is 4.23. The molecule has 1 aromatic heterocycles. The molecule has 1 unspecified atom stereocenters. The van der Waals surface area contributed by atoms with Gasteiger partial charge in [-0.2, -0.15) is 4.98 Å². The summed E-state index contributed by atoms with van der Waals surface area (Å²) in [5, 5.41) is 3.42. The smallest absolute Gasteiger partial charge is 0.232 e. The first-order chi connectivity index (χ1) is 9.24. The third kappa shape index (κ3) is 3.79. The Morgan fingerprint density at radius 2 is 2.42 bits per heavy atom. The van der Waals surface area contributed by atoms with E-state index in [2.05, 4.69) is 43.0 Å². The second-order valence-corrected chi connectivity index (χ2v) is 5.64. The topological polar surface area (TPSA) is 50.3 Å². The van der Waals surface area contributed by atoms with Crippen LogP contribution in [0.25, 0.3) is 0 Å². The zero-order chi connectivity index (χ0) is 13.7. The SMILES string of the molecule is CCNCC1CCCN(c2ncc(Br)c(OC)n2)C1. The van der Waals surface area contributed by atoms with Crippen LogP contribution >= 0.6 is 15.9 Å². The van der Waals surface area contributed by atoms with E-state index in [1.165, 1.54) is 12.8 Å². The fourth-order valence-corrected chi connectivity index (χ4v) is 2.75. The van der Waals surface area contributed by atoms with Gasteiger partial charge in [0.15, 0.2) is 0 Å². The largest absolute Gasteiger partial charge is 0.480 e. The van der Waals surface area contributed by atoms with Crippen LogP contribution in [0.5, 0.6) is 5.88 Å². The Kier molecular flexibility index (Phi) is 5.39. The highest BCUT2D eigenvalue weighted by molar-refractivity contribution is 9.10. The summed E-state index contributed by atoms with van der Waals surface area (Å²) in [4.78, 5) is 11.1. The van der Waals surface area contributed by atoms with Crippen molar-refractivity contribution in [1.82, 2.24) is 15.3 Å². The van der Waals surface area contributed by atoms with Gasteiger partial charge in [0.25, 0.3) is 0 Å². The number of aromatic nitrogens is 2. The number of ether oxygens (including phenoxy) is 1. The van der Waals surface area contributed by atoms with Crippen LogP contribution in [0.1, 0.15) is 19.8 Å². The van der Waals surface area contributed by atoms with Crippen LogP contribution in [0.4, 0.5) is 5.95 Å². The quantitative estimate of drug-likeness (QED) is 0.896. The number of piperidine rings is 1. The molecule has 1 atom stereocenters. The normalized spacial score (nSPS) is 19.5. The summed E-state index contributed by atoms with van der Waals surface area (Å²) >= 11 is 3.38. The molecule has 1 aliphatic heterocycles. The van der Waals surface area contributed by atoms with Gasteiger partial charge >= 0.3 is 0 Å². The zero-order valence-corrected chi connectivity index (χ0v) is 13.1. The molecule has 0 saturated carbocycles. The van der Waals surface area contributed by atoms with E-state index in [0.29, 0.717) is 11.8 Å². The van der Waals surface area contributed by atoms with Gasteiger partial charge in [-0.25, -0.2) is 4.98 Å². The molecular formula is C13H21BrN4O. The Hall–Kier alpha value is -0.880.